The van der Waals surface area contributed by atoms with Crippen molar-refractivity contribution < 1.29 is 9.53 Å². The molecule has 5 aromatic rings. The number of aromatic nitrogens is 7. The summed E-state index contributed by atoms with van der Waals surface area (Å²) in [6, 6.07) is 13.2. The molecule has 4 heterocycles. The molecule has 0 bridgehead atoms. The molecule has 44 heavy (non-hydrogen) atoms. The Bertz CT molecular complexity index is 1740. The molecule has 1 unspecified atom stereocenters. The van der Waals surface area contributed by atoms with Crippen LogP contribution in [0.4, 0.5) is 10.6 Å². The number of benzene rings is 1. The fraction of sp³-hybridized carbons (Fsp3) is 0.406. The van der Waals surface area contributed by atoms with Gasteiger partial charge in [0.15, 0.2) is 5.65 Å². The van der Waals surface area contributed by atoms with Gasteiger partial charge < -0.3 is 15.0 Å². The number of nitrogens with one attached hydrogen (secondary N) is 2. The molecule has 1 aliphatic rings. The van der Waals surface area contributed by atoms with Gasteiger partial charge in [0.25, 0.3) is 0 Å². The summed E-state index contributed by atoms with van der Waals surface area (Å²) in [5.41, 5.74) is 4.43. The fourth-order valence-electron chi connectivity index (χ4n) is 5.54. The molecular weight excluding hydrogens is 556 g/mol. The van der Waals surface area contributed by atoms with Crippen LogP contribution in [0.15, 0.2) is 67.4 Å². The molecule has 12 nitrogen and oxygen atoms in total. The van der Waals surface area contributed by atoms with Crippen molar-refractivity contribution in [3.63, 3.8) is 0 Å². The van der Waals surface area contributed by atoms with Crippen LogP contribution in [-0.4, -0.2) is 71.8 Å². The number of carbonyl (C=O) groups is 1. The lowest BCUT2D eigenvalue weighted by Crippen LogP contribution is -2.44. The van der Waals surface area contributed by atoms with Crippen LogP contribution in [0.1, 0.15) is 56.5 Å². The number of hydrogen-bond acceptors (Lipinski definition) is 7. The molecule has 2 amide bonds. The normalized spacial score (nSPS) is 16.7. The molecule has 4 aromatic heterocycles. The zero-order valence-corrected chi connectivity index (χ0v) is 25.9. The summed E-state index contributed by atoms with van der Waals surface area (Å²) in [6.07, 6.45) is 9.56. The summed E-state index contributed by atoms with van der Waals surface area (Å²) < 4.78 is 12.0. The van der Waals surface area contributed by atoms with E-state index >= 15 is 0 Å². The van der Waals surface area contributed by atoms with E-state index in [1.165, 1.54) is 5.56 Å². The summed E-state index contributed by atoms with van der Waals surface area (Å²) in [6.45, 7) is 8.08. The third kappa shape index (κ3) is 6.45. The number of fused-ring (bicyclic) bond motifs is 2. The number of hydrogen-bond donors (Lipinski definition) is 2. The van der Waals surface area contributed by atoms with Crippen LogP contribution in [0.25, 0.3) is 11.3 Å². The largest absolute Gasteiger partial charge is 0.486 e. The third-order valence-corrected chi connectivity index (χ3v) is 7.87. The minimum Gasteiger partial charge on any atom is -0.486 e. The smallest absolute Gasteiger partial charge is 0.321 e. The zero-order chi connectivity index (χ0) is 30.8. The minimum absolute atomic E-state index is 0.215. The quantitative estimate of drug-likeness (QED) is 0.255. The predicted molar refractivity (Wildman–Crippen MR) is 168 cm³/mol. The average molecular weight is 597 g/mol. The van der Waals surface area contributed by atoms with Crippen molar-refractivity contribution in [2.24, 2.45) is 0 Å². The summed E-state index contributed by atoms with van der Waals surface area (Å²) in [4.78, 5) is 15.9. The van der Waals surface area contributed by atoms with Gasteiger partial charge in [0, 0.05) is 18.0 Å². The van der Waals surface area contributed by atoms with Crippen LogP contribution in [0.3, 0.4) is 0 Å². The second kappa shape index (κ2) is 12.1. The molecule has 0 radical (unpaired) electrons. The molecular formula is C32H40N10O2. The predicted octanol–water partition coefficient (Wildman–Crippen LogP) is 4.62. The molecule has 12 heteroatoms. The molecule has 230 valence electrons. The van der Waals surface area contributed by atoms with Crippen molar-refractivity contribution in [2.75, 3.05) is 26.0 Å². The maximum atomic E-state index is 13.7. The van der Waals surface area contributed by atoms with Gasteiger partial charge in [-0.05, 0) is 63.2 Å². The number of urea groups is 1. The van der Waals surface area contributed by atoms with Gasteiger partial charge in [0.05, 0.1) is 30.3 Å². The highest BCUT2D eigenvalue weighted by atomic mass is 16.5. The Labute approximate surface area is 257 Å². The zero-order valence-electron chi connectivity index (χ0n) is 25.9. The summed E-state index contributed by atoms with van der Waals surface area (Å²) in [7, 11) is 4.13. The van der Waals surface area contributed by atoms with E-state index < -0.39 is 0 Å². The van der Waals surface area contributed by atoms with Crippen molar-refractivity contribution in [3.05, 3.63) is 84.2 Å². The lowest BCUT2D eigenvalue weighted by Gasteiger charge is -2.34. The van der Waals surface area contributed by atoms with E-state index in [2.05, 4.69) is 77.8 Å². The molecule has 0 saturated heterocycles. The Hall–Kier alpha value is -4.71. The van der Waals surface area contributed by atoms with Gasteiger partial charge >= 0.3 is 6.03 Å². The van der Waals surface area contributed by atoms with Crippen LogP contribution < -0.4 is 15.4 Å². The summed E-state index contributed by atoms with van der Waals surface area (Å²) >= 11 is 0. The van der Waals surface area contributed by atoms with E-state index in [4.69, 9.17) is 9.84 Å². The van der Waals surface area contributed by atoms with Gasteiger partial charge in [-0.3, -0.25) is 14.4 Å². The van der Waals surface area contributed by atoms with Crippen LogP contribution in [0, 0.1) is 0 Å². The van der Waals surface area contributed by atoms with Crippen LogP contribution >= 0.6 is 0 Å². The van der Waals surface area contributed by atoms with Gasteiger partial charge in [-0.1, -0.05) is 45.0 Å². The Morgan fingerprint density at radius 3 is 2.80 bits per heavy atom. The van der Waals surface area contributed by atoms with Gasteiger partial charge in [-0.15, -0.1) is 10.2 Å². The number of rotatable bonds is 9. The van der Waals surface area contributed by atoms with Crippen molar-refractivity contribution >= 4 is 17.5 Å². The first-order valence-electron chi connectivity index (χ1n) is 15.0. The van der Waals surface area contributed by atoms with Crippen molar-refractivity contribution in [1.29, 1.82) is 0 Å². The molecule has 0 aliphatic heterocycles. The van der Waals surface area contributed by atoms with E-state index in [9.17, 15) is 4.79 Å². The maximum Gasteiger partial charge on any atom is 0.321 e. The molecule has 1 aromatic carbocycles. The molecule has 2 atom stereocenters. The first-order chi connectivity index (χ1) is 21.1. The number of aryl methyl sites for hydroxylation is 2. The van der Waals surface area contributed by atoms with Gasteiger partial charge in [0.2, 0.25) is 0 Å². The summed E-state index contributed by atoms with van der Waals surface area (Å²) in [5.74, 6) is 1.25. The SMILES string of the molecule is CN(C)CCCn1cc(-n2nc(C(C)(C)C)cc2NC(=O)N[C@H]2c3ccccc3CCC2Oc2ccc3nncn3c2)cn1. The topological polar surface area (TPSA) is 119 Å². The highest BCUT2D eigenvalue weighted by Crippen LogP contribution is 2.33. The number of pyridine rings is 1. The van der Waals surface area contributed by atoms with Crippen molar-refractivity contribution in [1.82, 2.24) is 44.4 Å². The standard InChI is InChI=1S/C32H40N10O2/c1-32(2,3)27-17-29(42(38-27)23-18-34-41(19-23)16-8-15-39(4)5)35-31(43)36-30-25-10-7-6-9-22(25)11-13-26(30)44-24-12-14-28-37-33-21-40(28)20-24/h6-7,9-10,12,14,17-21,26,30H,8,11,13,15-16H2,1-5H3,(H2,35,36,43)/t26?,30-/m0/s1. The lowest BCUT2D eigenvalue weighted by atomic mass is 9.85. The number of anilines is 1. The van der Waals surface area contributed by atoms with E-state index in [1.54, 1.807) is 17.2 Å². The average Bonchev–Trinajstić information content (AvgIpc) is 3.73. The van der Waals surface area contributed by atoms with E-state index in [-0.39, 0.29) is 23.6 Å². The number of ether oxygens (including phenoxy) is 1. The fourth-order valence-corrected chi connectivity index (χ4v) is 5.54. The first-order valence-corrected chi connectivity index (χ1v) is 15.0. The molecule has 2 N–H and O–H groups in total. The van der Waals surface area contributed by atoms with E-state index in [0.717, 1.165) is 54.9 Å². The molecule has 1 aliphatic carbocycles. The van der Waals surface area contributed by atoms with E-state index in [1.807, 2.05) is 51.8 Å². The number of carbonyl (C=O) groups excluding carboxylic acids is 1. The number of nitrogens with zero attached hydrogens (tertiary/aromatic N) is 8. The highest BCUT2D eigenvalue weighted by molar-refractivity contribution is 5.89. The van der Waals surface area contributed by atoms with Crippen molar-refractivity contribution in [2.45, 2.75) is 64.1 Å². The molecule has 0 saturated carbocycles. The Kier molecular flexibility index (Phi) is 8.09. The Morgan fingerprint density at radius 2 is 1.98 bits per heavy atom. The van der Waals surface area contributed by atoms with Gasteiger partial charge in [-0.25, -0.2) is 9.48 Å². The summed E-state index contributed by atoms with van der Waals surface area (Å²) in [5, 5.41) is 23.8. The maximum absolute atomic E-state index is 13.7. The highest BCUT2D eigenvalue weighted by Gasteiger charge is 2.33. The van der Waals surface area contributed by atoms with Crippen LogP contribution in [-0.2, 0) is 18.4 Å². The van der Waals surface area contributed by atoms with Crippen LogP contribution in [0.2, 0.25) is 0 Å². The van der Waals surface area contributed by atoms with Crippen LogP contribution in [0.5, 0.6) is 5.75 Å². The molecule has 0 spiro atoms. The Balaban J connectivity index is 1.24. The second-order valence-electron chi connectivity index (χ2n) is 12.6. The third-order valence-electron chi connectivity index (χ3n) is 7.87. The van der Waals surface area contributed by atoms with Gasteiger partial charge in [0.1, 0.15) is 29.7 Å². The van der Waals surface area contributed by atoms with Gasteiger partial charge in [-0.2, -0.15) is 10.2 Å². The van der Waals surface area contributed by atoms with Crippen molar-refractivity contribution in [3.8, 4) is 11.4 Å². The second-order valence-corrected chi connectivity index (χ2v) is 12.6. The number of amides is 2. The minimum atomic E-state index is -0.366. The first kappa shape index (κ1) is 29.4. The monoisotopic (exact) mass is 596 g/mol. The van der Waals surface area contributed by atoms with E-state index in [0.29, 0.717) is 11.6 Å². The Morgan fingerprint density at radius 1 is 1.14 bits per heavy atom. The molecule has 6 rings (SSSR count). The molecule has 0 fully saturated rings. The lowest BCUT2D eigenvalue weighted by molar-refractivity contribution is 0.138.